The summed E-state index contributed by atoms with van der Waals surface area (Å²) in [6.07, 6.45) is 2.00. The van der Waals surface area contributed by atoms with E-state index in [1.807, 2.05) is 20.1 Å². The van der Waals surface area contributed by atoms with E-state index in [0.29, 0.717) is 33.3 Å². The van der Waals surface area contributed by atoms with Gasteiger partial charge in [0, 0.05) is 22.6 Å². The molecule has 5 rings (SSSR count). The minimum atomic E-state index is -0.581. The van der Waals surface area contributed by atoms with E-state index in [-0.39, 0.29) is 23.7 Å². The van der Waals surface area contributed by atoms with E-state index >= 15 is 0 Å². The Hall–Kier alpha value is -3.86. The van der Waals surface area contributed by atoms with Crippen molar-refractivity contribution in [3.63, 3.8) is 0 Å². The number of H-pyrrole nitrogens is 1. The fraction of sp³-hybridized carbons (Fsp3) is 0.174. The fourth-order valence-electron chi connectivity index (χ4n) is 3.79. The SMILES string of the molecule is CSc1nc2nc(C)c(CC(=O)Nc3ccc4nc(-c5cc(F)ccc5F)[nH]c4c3)c(C)n2n1. The predicted octanol–water partition coefficient (Wildman–Crippen LogP) is 4.47. The molecule has 34 heavy (non-hydrogen) atoms. The molecule has 0 fully saturated rings. The summed E-state index contributed by atoms with van der Waals surface area (Å²) in [7, 11) is 0. The topological polar surface area (TPSA) is 101 Å². The van der Waals surface area contributed by atoms with E-state index in [1.54, 1.807) is 22.7 Å². The van der Waals surface area contributed by atoms with Crippen LogP contribution in [-0.4, -0.2) is 41.7 Å². The van der Waals surface area contributed by atoms with Crippen LogP contribution in [0.25, 0.3) is 28.2 Å². The van der Waals surface area contributed by atoms with Crippen LogP contribution in [0.3, 0.4) is 0 Å². The van der Waals surface area contributed by atoms with Gasteiger partial charge >= 0.3 is 0 Å². The molecule has 0 aliphatic carbocycles. The number of nitrogens with one attached hydrogen (secondary N) is 2. The summed E-state index contributed by atoms with van der Waals surface area (Å²) >= 11 is 1.42. The van der Waals surface area contributed by atoms with E-state index in [2.05, 4.69) is 30.4 Å². The molecule has 0 aliphatic heterocycles. The molecule has 8 nitrogen and oxygen atoms in total. The van der Waals surface area contributed by atoms with Crippen LogP contribution in [-0.2, 0) is 11.2 Å². The van der Waals surface area contributed by atoms with Crippen molar-refractivity contribution >= 4 is 40.2 Å². The van der Waals surface area contributed by atoms with E-state index < -0.39 is 11.6 Å². The summed E-state index contributed by atoms with van der Waals surface area (Å²) in [6, 6.07) is 8.30. The number of carbonyl (C=O) groups is 1. The van der Waals surface area contributed by atoms with Crippen LogP contribution >= 0.6 is 11.8 Å². The molecule has 11 heteroatoms. The van der Waals surface area contributed by atoms with Gasteiger partial charge in [-0.1, -0.05) is 11.8 Å². The van der Waals surface area contributed by atoms with Crippen molar-refractivity contribution in [1.29, 1.82) is 0 Å². The van der Waals surface area contributed by atoms with Gasteiger partial charge in [-0.3, -0.25) is 4.79 Å². The van der Waals surface area contributed by atoms with Gasteiger partial charge in [0.05, 0.1) is 23.0 Å². The molecular formula is C23H19F2N7OS. The molecule has 0 aliphatic rings. The van der Waals surface area contributed by atoms with Crippen LogP contribution in [0.5, 0.6) is 0 Å². The molecule has 2 N–H and O–H groups in total. The number of imidazole rings is 1. The number of amides is 1. The maximum absolute atomic E-state index is 14.1. The number of nitrogens with zero attached hydrogens (tertiary/aromatic N) is 5. The number of hydrogen-bond donors (Lipinski definition) is 2. The van der Waals surface area contributed by atoms with E-state index in [1.165, 1.54) is 11.8 Å². The molecule has 0 atom stereocenters. The maximum Gasteiger partial charge on any atom is 0.253 e. The average Bonchev–Trinajstić information content (AvgIpc) is 3.42. The van der Waals surface area contributed by atoms with Crippen molar-refractivity contribution < 1.29 is 13.6 Å². The molecule has 0 saturated carbocycles. The lowest BCUT2D eigenvalue weighted by molar-refractivity contribution is -0.115. The van der Waals surface area contributed by atoms with Crippen molar-refractivity contribution in [2.24, 2.45) is 0 Å². The second-order valence-corrected chi connectivity index (χ2v) is 8.51. The smallest absolute Gasteiger partial charge is 0.253 e. The number of aryl methyl sites for hydroxylation is 2. The lowest BCUT2D eigenvalue weighted by Gasteiger charge is -2.11. The highest BCUT2D eigenvalue weighted by Crippen LogP contribution is 2.26. The highest BCUT2D eigenvalue weighted by Gasteiger charge is 2.17. The number of benzene rings is 2. The first kappa shape index (κ1) is 22.0. The standard InChI is InChI=1S/C23H19F2N7OS/c1-11-15(12(2)32-22(26-11)30-23(31-32)34-3)10-20(33)27-14-5-7-18-19(9-14)29-21(28-18)16-8-13(24)4-6-17(16)25/h4-9H,10H2,1-3H3,(H,27,33)(H,28,29). The summed E-state index contributed by atoms with van der Waals surface area (Å²) < 4.78 is 29.3. The molecule has 0 radical (unpaired) electrons. The van der Waals surface area contributed by atoms with Gasteiger partial charge in [-0.05, 0) is 56.5 Å². The molecule has 0 bridgehead atoms. The monoisotopic (exact) mass is 479 g/mol. The number of anilines is 1. The van der Waals surface area contributed by atoms with Crippen molar-refractivity contribution in [2.45, 2.75) is 25.4 Å². The highest BCUT2D eigenvalue weighted by molar-refractivity contribution is 7.98. The Balaban J connectivity index is 1.39. The minimum absolute atomic E-state index is 0.0355. The molecule has 3 aromatic heterocycles. The molecule has 0 spiro atoms. The Morgan fingerprint density at radius 2 is 1.94 bits per heavy atom. The lowest BCUT2D eigenvalue weighted by atomic mass is 10.1. The Morgan fingerprint density at radius 1 is 1.12 bits per heavy atom. The Kier molecular flexibility index (Phi) is 5.48. The minimum Gasteiger partial charge on any atom is -0.338 e. The van der Waals surface area contributed by atoms with Crippen molar-refractivity contribution in [3.8, 4) is 11.4 Å². The van der Waals surface area contributed by atoms with Gasteiger partial charge in [-0.25, -0.2) is 23.3 Å². The zero-order valence-electron chi connectivity index (χ0n) is 18.5. The van der Waals surface area contributed by atoms with Crippen LogP contribution in [0.2, 0.25) is 0 Å². The molecule has 0 unspecified atom stereocenters. The number of halogens is 2. The molecular weight excluding hydrogens is 460 g/mol. The summed E-state index contributed by atoms with van der Waals surface area (Å²) in [5.41, 5.74) is 4.01. The van der Waals surface area contributed by atoms with Gasteiger partial charge in [0.15, 0.2) is 0 Å². The number of thioether (sulfide) groups is 1. The number of carbonyl (C=O) groups excluding carboxylic acids is 1. The second kappa shape index (κ2) is 8.49. The third-order valence-corrected chi connectivity index (χ3v) is 6.04. The summed E-state index contributed by atoms with van der Waals surface area (Å²) in [6.45, 7) is 3.72. The molecule has 3 heterocycles. The van der Waals surface area contributed by atoms with Gasteiger partial charge in [0.2, 0.25) is 11.1 Å². The summed E-state index contributed by atoms with van der Waals surface area (Å²) in [5.74, 6) is -0.661. The number of hydrogen-bond acceptors (Lipinski definition) is 6. The third-order valence-electron chi connectivity index (χ3n) is 5.50. The second-order valence-electron chi connectivity index (χ2n) is 7.74. The first-order valence-electron chi connectivity index (χ1n) is 10.3. The number of aromatic amines is 1. The van der Waals surface area contributed by atoms with Gasteiger partial charge in [0.25, 0.3) is 5.78 Å². The average molecular weight is 480 g/mol. The van der Waals surface area contributed by atoms with Gasteiger partial charge in [0.1, 0.15) is 17.5 Å². The van der Waals surface area contributed by atoms with E-state index in [9.17, 15) is 13.6 Å². The van der Waals surface area contributed by atoms with Gasteiger partial charge < -0.3 is 10.3 Å². The van der Waals surface area contributed by atoms with Crippen LogP contribution in [0.15, 0.2) is 41.6 Å². The Labute approximate surface area is 196 Å². The predicted molar refractivity (Wildman–Crippen MR) is 126 cm³/mol. The molecule has 1 amide bonds. The van der Waals surface area contributed by atoms with Crippen LogP contribution in [0, 0.1) is 25.5 Å². The van der Waals surface area contributed by atoms with Crippen LogP contribution in [0.1, 0.15) is 17.0 Å². The van der Waals surface area contributed by atoms with Crippen LogP contribution in [0.4, 0.5) is 14.5 Å². The fourth-order valence-corrected chi connectivity index (χ4v) is 4.13. The van der Waals surface area contributed by atoms with Crippen molar-refractivity contribution in [2.75, 3.05) is 11.6 Å². The highest BCUT2D eigenvalue weighted by atomic mass is 32.2. The normalized spacial score (nSPS) is 11.4. The number of aromatic nitrogens is 6. The molecule has 0 saturated heterocycles. The summed E-state index contributed by atoms with van der Waals surface area (Å²) in [4.78, 5) is 29.0. The summed E-state index contributed by atoms with van der Waals surface area (Å²) in [5, 5.41) is 7.90. The lowest BCUT2D eigenvalue weighted by Crippen LogP contribution is -2.17. The third kappa shape index (κ3) is 3.98. The zero-order chi connectivity index (χ0) is 24.0. The van der Waals surface area contributed by atoms with Gasteiger partial charge in [-0.2, -0.15) is 4.98 Å². The maximum atomic E-state index is 14.1. The molecule has 2 aromatic carbocycles. The Bertz CT molecular complexity index is 1580. The van der Waals surface area contributed by atoms with Crippen molar-refractivity contribution in [1.82, 2.24) is 29.5 Å². The largest absolute Gasteiger partial charge is 0.338 e. The van der Waals surface area contributed by atoms with Crippen LogP contribution < -0.4 is 5.32 Å². The molecule has 172 valence electrons. The van der Waals surface area contributed by atoms with Gasteiger partial charge in [-0.15, -0.1) is 5.10 Å². The molecule has 5 aromatic rings. The first-order chi connectivity index (χ1) is 16.3. The van der Waals surface area contributed by atoms with E-state index in [4.69, 9.17) is 0 Å². The van der Waals surface area contributed by atoms with Crippen molar-refractivity contribution in [3.05, 3.63) is 65.0 Å². The Morgan fingerprint density at radius 3 is 2.74 bits per heavy atom. The quantitative estimate of drug-likeness (QED) is 0.361. The number of fused-ring (bicyclic) bond motifs is 2. The first-order valence-corrected chi connectivity index (χ1v) is 11.6. The zero-order valence-corrected chi connectivity index (χ0v) is 19.3. The number of rotatable bonds is 5. The van der Waals surface area contributed by atoms with E-state index in [0.717, 1.165) is 29.5 Å².